The van der Waals surface area contributed by atoms with Crippen LogP contribution >= 0.6 is 7.82 Å². The molecule has 118 valence electrons. The number of anilines is 1. The Bertz CT molecular complexity index is 625. The molecule has 1 aliphatic rings. The molecule has 4 N–H and O–H groups in total. The van der Waals surface area contributed by atoms with Crippen molar-refractivity contribution in [2.24, 2.45) is 0 Å². The van der Waals surface area contributed by atoms with Crippen LogP contribution in [-0.2, 0) is 13.8 Å². The minimum absolute atomic E-state index is 0. The third-order valence-electron chi connectivity index (χ3n) is 2.86. The van der Waals surface area contributed by atoms with Crippen molar-refractivity contribution in [3.8, 4) is 0 Å². The van der Waals surface area contributed by atoms with Crippen molar-refractivity contribution in [1.29, 1.82) is 0 Å². The van der Waals surface area contributed by atoms with Crippen LogP contribution in [0.25, 0.3) is 0 Å². The van der Waals surface area contributed by atoms with E-state index in [1.165, 1.54) is 12.3 Å². The normalized spacial score (nSPS) is 27.1. The molecule has 0 radical (unpaired) electrons. The van der Waals surface area contributed by atoms with E-state index in [-0.39, 0.29) is 64.9 Å². The van der Waals surface area contributed by atoms with Crippen LogP contribution in [0.4, 0.5) is 5.82 Å². The summed E-state index contributed by atoms with van der Waals surface area (Å²) in [5.74, 6) is -0.0391. The molecule has 1 saturated heterocycles. The van der Waals surface area contributed by atoms with Gasteiger partial charge in [-0.15, -0.1) is 0 Å². The molecular formula is C9H12N3Na2O8P. The topological polar surface area (TPSA) is 183 Å². The Balaban J connectivity index is 0.00000242. The third kappa shape index (κ3) is 6.15. The molecular weight excluding hydrogens is 355 g/mol. The van der Waals surface area contributed by atoms with E-state index in [2.05, 4.69) is 9.51 Å². The van der Waals surface area contributed by atoms with Crippen LogP contribution in [-0.4, -0.2) is 44.7 Å². The molecule has 4 atom stereocenters. The number of phosphoric acid groups is 1. The van der Waals surface area contributed by atoms with Crippen LogP contribution in [0.15, 0.2) is 17.1 Å². The molecule has 0 bridgehead atoms. The van der Waals surface area contributed by atoms with Gasteiger partial charge in [0, 0.05) is 6.20 Å². The third-order valence-corrected chi connectivity index (χ3v) is 3.33. The van der Waals surface area contributed by atoms with Gasteiger partial charge in [0.15, 0.2) is 6.23 Å². The van der Waals surface area contributed by atoms with Crippen LogP contribution in [0.3, 0.4) is 0 Å². The Labute approximate surface area is 174 Å². The fourth-order valence-corrected chi connectivity index (χ4v) is 2.21. The second-order valence-corrected chi connectivity index (χ2v) is 5.48. The number of nitrogen functional groups attached to an aromatic ring is 1. The quantitative estimate of drug-likeness (QED) is 0.341. The Morgan fingerprint density at radius 3 is 2.52 bits per heavy atom. The van der Waals surface area contributed by atoms with Crippen molar-refractivity contribution in [2.75, 3.05) is 12.3 Å². The molecule has 1 fully saturated rings. The molecule has 2 unspecified atom stereocenters. The summed E-state index contributed by atoms with van der Waals surface area (Å²) in [5, 5.41) is 19.6. The van der Waals surface area contributed by atoms with Crippen LogP contribution in [0.5, 0.6) is 0 Å². The van der Waals surface area contributed by atoms with Gasteiger partial charge in [0.1, 0.15) is 24.1 Å². The van der Waals surface area contributed by atoms with E-state index >= 15 is 0 Å². The monoisotopic (exact) mass is 367 g/mol. The number of aromatic nitrogens is 2. The first-order valence-electron chi connectivity index (χ1n) is 5.72. The predicted molar refractivity (Wildman–Crippen MR) is 62.4 cm³/mol. The van der Waals surface area contributed by atoms with Crippen LogP contribution in [0.1, 0.15) is 6.23 Å². The first kappa shape index (κ1) is 23.7. The van der Waals surface area contributed by atoms with Gasteiger partial charge in [0.2, 0.25) is 0 Å². The molecule has 0 aromatic carbocycles. The summed E-state index contributed by atoms with van der Waals surface area (Å²) in [6, 6.07) is 1.27. The zero-order chi connectivity index (χ0) is 15.8. The van der Waals surface area contributed by atoms with Crippen LogP contribution < -0.4 is 80.3 Å². The molecule has 0 saturated carbocycles. The van der Waals surface area contributed by atoms with Gasteiger partial charge in [-0.25, -0.2) is 4.79 Å². The number of hydrogen-bond donors (Lipinski definition) is 3. The van der Waals surface area contributed by atoms with Crippen molar-refractivity contribution in [1.82, 2.24) is 9.55 Å². The van der Waals surface area contributed by atoms with E-state index in [0.29, 0.717) is 0 Å². The summed E-state index contributed by atoms with van der Waals surface area (Å²) in [4.78, 5) is 35.8. The summed E-state index contributed by atoms with van der Waals surface area (Å²) < 4.78 is 20.4. The van der Waals surface area contributed by atoms with Gasteiger partial charge in [-0.05, 0) is 6.07 Å². The van der Waals surface area contributed by atoms with Crippen molar-refractivity contribution in [3.05, 3.63) is 22.7 Å². The van der Waals surface area contributed by atoms with Crippen molar-refractivity contribution >= 4 is 13.6 Å². The fraction of sp³-hybridized carbons (Fsp3) is 0.556. The predicted octanol–water partition coefficient (Wildman–Crippen LogP) is -9.70. The summed E-state index contributed by atoms with van der Waals surface area (Å²) in [6.07, 6.45) is -4.51. The van der Waals surface area contributed by atoms with E-state index in [1.54, 1.807) is 0 Å². The Hall–Kier alpha value is 0.670. The number of ether oxygens (including phenoxy) is 1. The number of nitrogens with two attached hydrogens (primary N) is 1. The Morgan fingerprint density at radius 1 is 1.39 bits per heavy atom. The van der Waals surface area contributed by atoms with E-state index < -0.39 is 44.7 Å². The van der Waals surface area contributed by atoms with E-state index in [1.807, 2.05) is 0 Å². The van der Waals surface area contributed by atoms with E-state index in [4.69, 9.17) is 10.5 Å². The van der Waals surface area contributed by atoms with Gasteiger partial charge >= 0.3 is 64.8 Å². The molecule has 1 aromatic heterocycles. The molecule has 1 aliphatic heterocycles. The maximum absolute atomic E-state index is 11.6. The Morgan fingerprint density at radius 2 is 2.00 bits per heavy atom. The average molecular weight is 367 g/mol. The van der Waals surface area contributed by atoms with Crippen LogP contribution in [0.2, 0.25) is 0 Å². The molecule has 2 heterocycles. The maximum atomic E-state index is 11.6. The van der Waals surface area contributed by atoms with E-state index in [9.17, 15) is 29.4 Å². The number of hydrogen-bond acceptors (Lipinski definition) is 10. The molecule has 2 rings (SSSR count). The van der Waals surface area contributed by atoms with Gasteiger partial charge < -0.3 is 39.6 Å². The summed E-state index contributed by atoms with van der Waals surface area (Å²) in [6.45, 7) is -0.782. The largest absolute Gasteiger partial charge is 1.00 e. The molecule has 0 aliphatic carbocycles. The number of aliphatic hydroxyl groups excluding tert-OH is 2. The second kappa shape index (κ2) is 9.39. The summed E-state index contributed by atoms with van der Waals surface area (Å²) in [7, 11) is -5.24. The zero-order valence-electron chi connectivity index (χ0n) is 12.4. The van der Waals surface area contributed by atoms with Gasteiger partial charge in [0.05, 0.1) is 14.4 Å². The van der Waals surface area contributed by atoms with Crippen molar-refractivity contribution in [3.63, 3.8) is 0 Å². The number of phosphoric ester groups is 1. The van der Waals surface area contributed by atoms with Crippen molar-refractivity contribution < 1.29 is 92.9 Å². The minimum atomic E-state index is -5.24. The molecule has 0 amide bonds. The molecule has 11 nitrogen and oxygen atoms in total. The van der Waals surface area contributed by atoms with Gasteiger partial charge in [-0.1, -0.05) is 0 Å². The van der Waals surface area contributed by atoms with Crippen LogP contribution in [0, 0.1) is 0 Å². The molecule has 0 spiro atoms. The minimum Gasteiger partial charge on any atom is -0.790 e. The second-order valence-electron chi connectivity index (χ2n) is 4.33. The number of nitrogens with zero attached hydrogens (tertiary/aromatic N) is 2. The fourth-order valence-electron chi connectivity index (χ4n) is 1.88. The first-order chi connectivity index (χ1) is 9.69. The molecule has 14 heteroatoms. The Kier molecular flexibility index (Phi) is 9.66. The van der Waals surface area contributed by atoms with Gasteiger partial charge in [0.25, 0.3) is 0 Å². The maximum Gasteiger partial charge on any atom is 1.00 e. The van der Waals surface area contributed by atoms with Gasteiger partial charge in [-0.3, -0.25) is 4.57 Å². The molecule has 23 heavy (non-hydrogen) atoms. The standard InChI is InChI=1S/C9H14N3O8P.2Na/c10-5-1-2-12(9(15)11-5)8-7(14)6(13)4(20-8)3-19-21(16,17)18;;/h1-2,4,6-8,13-14H,3H2,(H2,10,11,15)(H2,16,17,18);;/q;2*+1/p-2/t4-,6?,7?,8-;;/m1../s1. The number of aliphatic hydroxyl groups is 2. The molecule has 1 aromatic rings. The SMILES string of the molecule is Nc1ccn([C@@H]2O[C@H](COP(=O)([O-])[O-])C(O)C2O)c(=O)n1.[Na+].[Na+]. The van der Waals surface area contributed by atoms with E-state index in [0.717, 1.165) is 4.57 Å². The number of rotatable bonds is 4. The van der Waals surface area contributed by atoms with Gasteiger partial charge in [-0.2, -0.15) is 4.98 Å². The first-order valence-corrected chi connectivity index (χ1v) is 7.18. The zero-order valence-corrected chi connectivity index (χ0v) is 17.3. The average Bonchev–Trinajstić information content (AvgIpc) is 2.64. The smallest absolute Gasteiger partial charge is 0.790 e. The summed E-state index contributed by atoms with van der Waals surface area (Å²) in [5.41, 5.74) is 4.49. The summed E-state index contributed by atoms with van der Waals surface area (Å²) >= 11 is 0. The van der Waals surface area contributed by atoms with Crippen molar-refractivity contribution in [2.45, 2.75) is 24.5 Å².